The predicted molar refractivity (Wildman–Crippen MR) is 77.7 cm³/mol. The number of methoxy groups -OCH3 is 1. The third-order valence-electron chi connectivity index (χ3n) is 3.81. The second-order valence-electron chi connectivity index (χ2n) is 5.14. The van der Waals surface area contributed by atoms with Crippen molar-refractivity contribution in [1.29, 1.82) is 0 Å². The van der Waals surface area contributed by atoms with Crippen molar-refractivity contribution in [2.45, 2.75) is 18.9 Å². The minimum absolute atomic E-state index is 0.0338. The highest BCUT2D eigenvalue weighted by atomic mass is 32.2. The van der Waals surface area contributed by atoms with E-state index in [1.807, 2.05) is 0 Å². The van der Waals surface area contributed by atoms with Gasteiger partial charge in [0.25, 0.3) is 0 Å². The van der Waals surface area contributed by atoms with Crippen LogP contribution in [0.3, 0.4) is 0 Å². The van der Waals surface area contributed by atoms with E-state index in [0.717, 1.165) is 12.1 Å². The summed E-state index contributed by atoms with van der Waals surface area (Å²) >= 11 is -2.32. The lowest BCUT2D eigenvalue weighted by Crippen LogP contribution is -2.33. The molecule has 2 N–H and O–H groups in total. The first kappa shape index (κ1) is 17.9. The highest BCUT2D eigenvalue weighted by Gasteiger charge is 2.35. The van der Waals surface area contributed by atoms with Crippen LogP contribution in [0.25, 0.3) is 0 Å². The lowest BCUT2D eigenvalue weighted by molar-refractivity contribution is -0.149. The fraction of sp³-hybridized carbons (Fsp3) is 0.500. The average Bonchev–Trinajstić information content (AvgIpc) is 2.54. The SMILES string of the molecule is COC(=O)C1CCOCC1c1cc(F)c(CNS(=O)O)cc1F. The second kappa shape index (κ2) is 7.91. The molecule has 1 aromatic rings. The third-order valence-corrected chi connectivity index (χ3v) is 4.20. The summed E-state index contributed by atoms with van der Waals surface area (Å²) in [5.41, 5.74) is -0.0496. The van der Waals surface area contributed by atoms with Crippen molar-refractivity contribution in [1.82, 2.24) is 4.72 Å². The number of ether oxygens (including phenoxy) is 2. The monoisotopic (exact) mass is 349 g/mol. The molecule has 0 spiro atoms. The topological polar surface area (TPSA) is 84.9 Å². The van der Waals surface area contributed by atoms with E-state index in [9.17, 15) is 17.8 Å². The summed E-state index contributed by atoms with van der Waals surface area (Å²) in [5, 5.41) is 0. The molecule has 3 atom stereocenters. The number of hydrogen-bond acceptors (Lipinski definition) is 4. The predicted octanol–water partition coefficient (Wildman–Crippen LogP) is 1.48. The average molecular weight is 349 g/mol. The van der Waals surface area contributed by atoms with Gasteiger partial charge >= 0.3 is 5.97 Å². The number of rotatable bonds is 5. The summed E-state index contributed by atoms with van der Waals surface area (Å²) in [7, 11) is 1.25. The largest absolute Gasteiger partial charge is 0.469 e. The first-order valence-corrected chi connectivity index (χ1v) is 8.02. The molecule has 3 unspecified atom stereocenters. The van der Waals surface area contributed by atoms with E-state index in [4.69, 9.17) is 14.0 Å². The van der Waals surface area contributed by atoms with Gasteiger partial charge in [-0.3, -0.25) is 9.35 Å². The third kappa shape index (κ3) is 4.31. The molecule has 1 saturated heterocycles. The van der Waals surface area contributed by atoms with Gasteiger partial charge in [0, 0.05) is 24.6 Å². The van der Waals surface area contributed by atoms with Crippen molar-refractivity contribution in [3.05, 3.63) is 34.9 Å². The van der Waals surface area contributed by atoms with Gasteiger partial charge in [-0.2, -0.15) is 0 Å². The van der Waals surface area contributed by atoms with Crippen LogP contribution in [0.4, 0.5) is 8.78 Å². The highest BCUT2D eigenvalue weighted by Crippen LogP contribution is 2.34. The molecule has 0 radical (unpaired) electrons. The van der Waals surface area contributed by atoms with Crippen LogP contribution in [-0.2, 0) is 32.1 Å². The Morgan fingerprint density at radius 3 is 2.87 bits per heavy atom. The normalized spacial score (nSPS) is 22.6. The molecule has 0 saturated carbocycles. The van der Waals surface area contributed by atoms with Crippen LogP contribution >= 0.6 is 0 Å². The first-order chi connectivity index (χ1) is 10.9. The Bertz CT molecular complexity index is 613. The lowest BCUT2D eigenvalue weighted by atomic mass is 9.82. The molecule has 9 heteroatoms. The zero-order valence-electron chi connectivity index (χ0n) is 12.4. The maximum absolute atomic E-state index is 14.3. The van der Waals surface area contributed by atoms with Gasteiger partial charge in [0.1, 0.15) is 11.6 Å². The van der Waals surface area contributed by atoms with E-state index in [1.54, 1.807) is 0 Å². The van der Waals surface area contributed by atoms with Gasteiger partial charge in [0.2, 0.25) is 11.3 Å². The molecule has 1 aliphatic heterocycles. The van der Waals surface area contributed by atoms with Crippen molar-refractivity contribution in [3.8, 4) is 0 Å². The molecule has 1 aromatic carbocycles. The standard InChI is InChI=1S/C14H17F2NO5S/c1-21-14(18)9-2-3-22-7-11(9)10-5-12(15)8(4-13(10)16)6-17-23(19)20/h4-5,9,11,17H,2-3,6-7H2,1H3,(H,19,20). The Morgan fingerprint density at radius 1 is 1.48 bits per heavy atom. The van der Waals surface area contributed by atoms with Gasteiger partial charge in [-0.15, -0.1) is 0 Å². The van der Waals surface area contributed by atoms with Crippen LogP contribution in [0.15, 0.2) is 12.1 Å². The summed E-state index contributed by atoms with van der Waals surface area (Å²) in [5.74, 6) is -3.15. The fourth-order valence-electron chi connectivity index (χ4n) is 2.64. The van der Waals surface area contributed by atoms with Gasteiger partial charge in [0.05, 0.1) is 19.6 Å². The summed E-state index contributed by atoms with van der Waals surface area (Å²) in [6, 6.07) is 1.95. The van der Waals surface area contributed by atoms with Crippen LogP contribution in [0.5, 0.6) is 0 Å². The second-order valence-corrected chi connectivity index (χ2v) is 5.92. The van der Waals surface area contributed by atoms with Crippen LogP contribution in [0, 0.1) is 17.6 Å². The molecule has 6 nitrogen and oxygen atoms in total. The maximum Gasteiger partial charge on any atom is 0.309 e. The Balaban J connectivity index is 2.29. The molecule has 1 heterocycles. The van der Waals surface area contributed by atoms with E-state index >= 15 is 0 Å². The fourth-order valence-corrected chi connectivity index (χ4v) is 2.92. The van der Waals surface area contributed by atoms with Gasteiger partial charge in [-0.25, -0.2) is 17.7 Å². The molecular formula is C14H17F2NO5S. The van der Waals surface area contributed by atoms with Crippen molar-refractivity contribution >= 4 is 17.2 Å². The molecule has 0 bridgehead atoms. The molecular weight excluding hydrogens is 332 g/mol. The smallest absolute Gasteiger partial charge is 0.309 e. The van der Waals surface area contributed by atoms with Crippen LogP contribution < -0.4 is 4.72 Å². The Labute approximate surface area is 134 Å². The zero-order chi connectivity index (χ0) is 17.0. The first-order valence-electron chi connectivity index (χ1n) is 6.91. The molecule has 0 aromatic heterocycles. The molecule has 1 fully saturated rings. The van der Waals surface area contributed by atoms with Crippen molar-refractivity contribution in [2.75, 3.05) is 20.3 Å². The summed E-state index contributed by atoms with van der Waals surface area (Å²) in [6.45, 7) is 0.146. The molecule has 23 heavy (non-hydrogen) atoms. The Morgan fingerprint density at radius 2 is 2.22 bits per heavy atom. The number of hydrogen-bond donors (Lipinski definition) is 2. The Kier molecular flexibility index (Phi) is 6.17. The highest BCUT2D eigenvalue weighted by molar-refractivity contribution is 7.77. The quantitative estimate of drug-likeness (QED) is 0.621. The van der Waals surface area contributed by atoms with Crippen molar-refractivity contribution in [2.24, 2.45) is 5.92 Å². The lowest BCUT2D eigenvalue weighted by Gasteiger charge is -2.30. The molecule has 0 amide bonds. The summed E-state index contributed by atoms with van der Waals surface area (Å²) in [4.78, 5) is 11.8. The molecule has 128 valence electrons. The van der Waals surface area contributed by atoms with E-state index < -0.39 is 40.7 Å². The van der Waals surface area contributed by atoms with Crippen LogP contribution in [0.1, 0.15) is 23.5 Å². The van der Waals surface area contributed by atoms with E-state index in [1.165, 1.54) is 7.11 Å². The van der Waals surface area contributed by atoms with Crippen LogP contribution in [0.2, 0.25) is 0 Å². The number of carbonyl (C=O) groups excluding carboxylic acids is 1. The van der Waals surface area contributed by atoms with Gasteiger partial charge in [0.15, 0.2) is 0 Å². The number of halogens is 2. The zero-order valence-corrected chi connectivity index (χ0v) is 13.2. The Hall–Kier alpha value is -1.42. The van der Waals surface area contributed by atoms with Crippen LogP contribution in [-0.4, -0.2) is 35.1 Å². The number of esters is 1. The number of carbonyl (C=O) groups is 1. The van der Waals surface area contributed by atoms with Crippen molar-refractivity contribution in [3.63, 3.8) is 0 Å². The van der Waals surface area contributed by atoms with Gasteiger partial charge in [-0.05, 0) is 24.1 Å². The molecule has 1 aliphatic rings. The molecule has 0 aliphatic carbocycles. The van der Waals surface area contributed by atoms with E-state index in [2.05, 4.69) is 4.72 Å². The van der Waals surface area contributed by atoms with E-state index in [0.29, 0.717) is 13.0 Å². The summed E-state index contributed by atoms with van der Waals surface area (Å²) < 4.78 is 59.7. The minimum Gasteiger partial charge on any atom is -0.469 e. The minimum atomic E-state index is -2.32. The van der Waals surface area contributed by atoms with Gasteiger partial charge in [-0.1, -0.05) is 0 Å². The maximum atomic E-state index is 14.3. The number of benzene rings is 1. The molecule has 2 rings (SSSR count). The van der Waals surface area contributed by atoms with Crippen molar-refractivity contribution < 1.29 is 31.8 Å². The number of nitrogens with one attached hydrogen (secondary N) is 1. The summed E-state index contributed by atoms with van der Waals surface area (Å²) in [6.07, 6.45) is 0.366. The van der Waals surface area contributed by atoms with E-state index in [-0.39, 0.29) is 24.3 Å². The van der Waals surface area contributed by atoms with Gasteiger partial charge < -0.3 is 9.47 Å².